The summed E-state index contributed by atoms with van der Waals surface area (Å²) in [5, 5.41) is 7.43. The van der Waals surface area contributed by atoms with Gasteiger partial charge in [0.15, 0.2) is 0 Å². The summed E-state index contributed by atoms with van der Waals surface area (Å²) in [5.41, 5.74) is 4.13. The Morgan fingerprint density at radius 2 is 2.00 bits per heavy atom. The Labute approximate surface area is 149 Å². The molecular weight excluding hydrogens is 350 g/mol. The summed E-state index contributed by atoms with van der Waals surface area (Å²) in [7, 11) is 1.55. The van der Waals surface area contributed by atoms with Crippen molar-refractivity contribution in [3.8, 4) is 0 Å². The second-order valence-electron chi connectivity index (χ2n) is 4.56. The highest BCUT2D eigenvalue weighted by Gasteiger charge is 2.11. The molecule has 4 nitrogen and oxygen atoms in total. The van der Waals surface area contributed by atoms with E-state index in [0.717, 1.165) is 27.7 Å². The number of benzene rings is 1. The summed E-state index contributed by atoms with van der Waals surface area (Å²) in [6.45, 7) is 2.15. The van der Waals surface area contributed by atoms with E-state index in [1.165, 1.54) is 4.88 Å². The SMILES string of the molecule is CCSCc1ccc(C(=NNC(=O)NC)c2ccc(Cl)cc2)s1. The van der Waals surface area contributed by atoms with E-state index in [-0.39, 0.29) is 6.03 Å². The monoisotopic (exact) mass is 367 g/mol. The number of hydrogen-bond donors (Lipinski definition) is 2. The van der Waals surface area contributed by atoms with Crippen molar-refractivity contribution in [1.82, 2.24) is 10.7 Å². The van der Waals surface area contributed by atoms with Crippen molar-refractivity contribution in [2.75, 3.05) is 12.8 Å². The summed E-state index contributed by atoms with van der Waals surface area (Å²) in [6.07, 6.45) is 0. The van der Waals surface area contributed by atoms with Gasteiger partial charge in [-0.15, -0.1) is 11.3 Å². The first kappa shape index (κ1) is 17.8. The Morgan fingerprint density at radius 1 is 1.26 bits per heavy atom. The lowest BCUT2D eigenvalue weighted by atomic mass is 10.1. The smallest absolute Gasteiger partial charge is 0.334 e. The second-order valence-corrected chi connectivity index (χ2v) is 7.44. The van der Waals surface area contributed by atoms with Crippen molar-refractivity contribution in [3.63, 3.8) is 0 Å². The third kappa shape index (κ3) is 5.27. The Balaban J connectivity index is 2.30. The predicted octanol–water partition coefficient (Wildman–Crippen LogP) is 4.34. The number of urea groups is 1. The summed E-state index contributed by atoms with van der Waals surface area (Å²) < 4.78 is 0. The quantitative estimate of drug-likeness (QED) is 0.589. The summed E-state index contributed by atoms with van der Waals surface area (Å²) in [4.78, 5) is 13.7. The molecule has 1 aromatic carbocycles. The van der Waals surface area contributed by atoms with Gasteiger partial charge in [-0.3, -0.25) is 0 Å². The number of carbonyl (C=O) groups excluding carboxylic acids is 1. The summed E-state index contributed by atoms with van der Waals surface area (Å²) in [5.74, 6) is 2.07. The zero-order chi connectivity index (χ0) is 16.7. The molecule has 0 spiro atoms. The lowest BCUT2D eigenvalue weighted by molar-refractivity contribution is 0.243. The topological polar surface area (TPSA) is 53.5 Å². The van der Waals surface area contributed by atoms with E-state index in [4.69, 9.17) is 11.6 Å². The fraction of sp³-hybridized carbons (Fsp3) is 0.250. The molecule has 1 heterocycles. The van der Waals surface area contributed by atoms with E-state index in [0.29, 0.717) is 5.02 Å². The van der Waals surface area contributed by atoms with Crippen LogP contribution in [-0.2, 0) is 5.75 Å². The van der Waals surface area contributed by atoms with Gasteiger partial charge in [-0.1, -0.05) is 30.7 Å². The van der Waals surface area contributed by atoms with Crippen molar-refractivity contribution >= 4 is 46.4 Å². The number of thioether (sulfide) groups is 1. The normalized spacial score (nSPS) is 11.3. The third-order valence-corrected chi connectivity index (χ3v) is 5.41. The lowest BCUT2D eigenvalue weighted by Gasteiger charge is -2.06. The van der Waals surface area contributed by atoms with Gasteiger partial charge in [-0.25, -0.2) is 10.2 Å². The van der Waals surface area contributed by atoms with E-state index in [1.807, 2.05) is 42.1 Å². The molecular formula is C16H18ClN3OS2. The zero-order valence-corrected chi connectivity index (χ0v) is 15.3. The van der Waals surface area contributed by atoms with Gasteiger partial charge in [0.25, 0.3) is 0 Å². The predicted molar refractivity (Wildman–Crippen MR) is 101 cm³/mol. The minimum absolute atomic E-state index is 0.352. The minimum atomic E-state index is -0.352. The van der Waals surface area contributed by atoms with Crippen LogP contribution in [-0.4, -0.2) is 24.5 Å². The molecule has 1 aromatic heterocycles. The highest BCUT2D eigenvalue weighted by atomic mass is 35.5. The molecule has 2 N–H and O–H groups in total. The Hall–Kier alpha value is -1.50. The summed E-state index contributed by atoms with van der Waals surface area (Å²) in [6, 6.07) is 11.2. The fourth-order valence-electron chi connectivity index (χ4n) is 1.82. The maximum absolute atomic E-state index is 11.4. The molecule has 23 heavy (non-hydrogen) atoms. The fourth-order valence-corrected chi connectivity index (χ4v) is 3.75. The molecule has 2 amide bonds. The van der Waals surface area contributed by atoms with Crippen molar-refractivity contribution < 1.29 is 4.79 Å². The van der Waals surface area contributed by atoms with E-state index in [2.05, 4.69) is 28.8 Å². The van der Waals surface area contributed by atoms with E-state index in [9.17, 15) is 4.79 Å². The number of hydrazone groups is 1. The number of nitrogens with one attached hydrogen (secondary N) is 2. The number of nitrogens with zero attached hydrogens (tertiary/aromatic N) is 1. The van der Waals surface area contributed by atoms with E-state index < -0.39 is 0 Å². The van der Waals surface area contributed by atoms with Crippen LogP contribution in [0.25, 0.3) is 0 Å². The number of carbonyl (C=O) groups is 1. The van der Waals surface area contributed by atoms with Crippen molar-refractivity contribution in [3.05, 3.63) is 56.7 Å². The molecule has 0 bridgehead atoms. The van der Waals surface area contributed by atoms with Gasteiger partial charge in [0, 0.05) is 28.3 Å². The number of thiophene rings is 1. The maximum Gasteiger partial charge on any atom is 0.334 e. The van der Waals surface area contributed by atoms with E-state index >= 15 is 0 Å². The first-order valence-corrected chi connectivity index (χ1v) is 9.47. The molecule has 0 saturated heterocycles. The van der Waals surface area contributed by atoms with Crippen molar-refractivity contribution in [2.45, 2.75) is 12.7 Å². The van der Waals surface area contributed by atoms with Gasteiger partial charge in [0.1, 0.15) is 5.71 Å². The van der Waals surface area contributed by atoms with Gasteiger partial charge in [-0.05, 0) is 30.0 Å². The maximum atomic E-state index is 11.4. The van der Waals surface area contributed by atoms with Crippen LogP contribution >= 0.6 is 34.7 Å². The standard InChI is InChI=1S/C16H18ClN3OS2/c1-3-22-10-13-8-9-14(23-13)15(19-20-16(21)18-2)11-4-6-12(17)7-5-11/h4-9H,3,10H2,1-2H3,(H2,18,20,21). The highest BCUT2D eigenvalue weighted by Crippen LogP contribution is 2.24. The summed E-state index contributed by atoms with van der Waals surface area (Å²) >= 11 is 9.52. The van der Waals surface area contributed by atoms with Crippen molar-refractivity contribution in [2.24, 2.45) is 5.10 Å². The van der Waals surface area contributed by atoms with Crippen LogP contribution in [0, 0.1) is 0 Å². The van der Waals surface area contributed by atoms with Crippen molar-refractivity contribution in [1.29, 1.82) is 0 Å². The molecule has 2 aromatic rings. The van der Waals surface area contributed by atoms with E-state index in [1.54, 1.807) is 18.4 Å². The zero-order valence-electron chi connectivity index (χ0n) is 12.9. The Bertz CT molecular complexity index is 683. The van der Waals surface area contributed by atoms with Gasteiger partial charge in [-0.2, -0.15) is 16.9 Å². The average molecular weight is 368 g/mol. The molecule has 0 aliphatic carbocycles. The van der Waals surface area contributed by atoms with Crippen LogP contribution in [0.2, 0.25) is 5.02 Å². The van der Waals surface area contributed by atoms with Crippen LogP contribution in [0.3, 0.4) is 0 Å². The average Bonchev–Trinajstić information content (AvgIpc) is 3.03. The lowest BCUT2D eigenvalue weighted by Crippen LogP contribution is -2.29. The third-order valence-electron chi connectivity index (χ3n) is 2.96. The van der Waals surface area contributed by atoms with Gasteiger partial charge in [0.05, 0.1) is 4.88 Å². The largest absolute Gasteiger partial charge is 0.340 e. The molecule has 122 valence electrons. The number of hydrogen-bond acceptors (Lipinski definition) is 4. The van der Waals surface area contributed by atoms with Crippen LogP contribution in [0.15, 0.2) is 41.5 Å². The molecule has 0 saturated carbocycles. The second kappa shape index (κ2) is 8.96. The number of rotatable bonds is 6. The molecule has 0 aliphatic heterocycles. The molecule has 2 rings (SSSR count). The van der Waals surface area contributed by atoms with Crippen LogP contribution in [0.5, 0.6) is 0 Å². The molecule has 0 fully saturated rings. The molecule has 7 heteroatoms. The molecule has 0 radical (unpaired) electrons. The molecule has 0 aliphatic rings. The Morgan fingerprint density at radius 3 is 2.65 bits per heavy atom. The van der Waals surface area contributed by atoms with Gasteiger partial charge < -0.3 is 5.32 Å². The first-order valence-electron chi connectivity index (χ1n) is 7.12. The van der Waals surface area contributed by atoms with Crippen LogP contribution in [0.4, 0.5) is 4.79 Å². The van der Waals surface area contributed by atoms with Crippen LogP contribution in [0.1, 0.15) is 22.2 Å². The first-order chi connectivity index (χ1) is 11.1. The number of halogens is 1. The minimum Gasteiger partial charge on any atom is -0.340 e. The molecule has 0 unspecified atom stereocenters. The Kier molecular flexibility index (Phi) is 6.95. The van der Waals surface area contributed by atoms with Crippen LogP contribution < -0.4 is 10.7 Å². The van der Waals surface area contributed by atoms with Gasteiger partial charge >= 0.3 is 6.03 Å². The van der Waals surface area contributed by atoms with Gasteiger partial charge in [0.2, 0.25) is 0 Å². The highest BCUT2D eigenvalue weighted by molar-refractivity contribution is 7.98. The molecule has 0 atom stereocenters. The number of amides is 2.